The van der Waals surface area contributed by atoms with Gasteiger partial charge in [0.1, 0.15) is 5.82 Å². The average molecular weight is 494 g/mol. The molecule has 1 aliphatic heterocycles. The Balaban J connectivity index is 1.43. The van der Waals surface area contributed by atoms with Crippen LogP contribution in [0.2, 0.25) is 10.0 Å². The van der Waals surface area contributed by atoms with Gasteiger partial charge in [-0.25, -0.2) is 4.98 Å². The number of aryl methyl sites for hydroxylation is 1. The highest BCUT2D eigenvalue weighted by atomic mass is 35.5. The van der Waals surface area contributed by atoms with Crippen LogP contribution in [-0.4, -0.2) is 32.8 Å². The molecule has 0 amide bonds. The summed E-state index contributed by atoms with van der Waals surface area (Å²) >= 11 is 12.3. The maximum Gasteiger partial charge on any atom is 0.229 e. The van der Waals surface area contributed by atoms with Crippen molar-refractivity contribution in [3.8, 4) is 11.1 Å². The SMILES string of the molecule is Cn1cc(-c2cnc(Nc3cc(Cl)cc(Cl)c3)nc2Nc2ccc(C3CCNCC3)cc2)cn1. The standard InChI is InChI=1S/C25H25Cl2N7/c1-34-15-18(13-30-34)23-14-29-25(32-22-11-19(26)10-20(27)12-22)33-24(23)31-21-4-2-16(3-5-21)17-6-8-28-9-7-17/h2-5,10-15,17,28H,6-9H2,1H3,(H2,29,31,32,33). The molecular weight excluding hydrogens is 469 g/mol. The molecule has 3 heterocycles. The van der Waals surface area contributed by atoms with E-state index < -0.39 is 0 Å². The molecule has 5 rings (SSSR count). The van der Waals surface area contributed by atoms with Crippen molar-refractivity contribution in [2.24, 2.45) is 7.05 Å². The van der Waals surface area contributed by atoms with Gasteiger partial charge in [-0.1, -0.05) is 35.3 Å². The highest BCUT2D eigenvalue weighted by Gasteiger charge is 2.16. The summed E-state index contributed by atoms with van der Waals surface area (Å²) in [5.41, 5.74) is 4.82. The summed E-state index contributed by atoms with van der Waals surface area (Å²) in [7, 11) is 1.88. The van der Waals surface area contributed by atoms with E-state index in [0.717, 1.165) is 29.9 Å². The van der Waals surface area contributed by atoms with Gasteiger partial charge < -0.3 is 16.0 Å². The number of piperidine rings is 1. The molecule has 0 spiro atoms. The molecule has 3 N–H and O–H groups in total. The van der Waals surface area contributed by atoms with E-state index in [2.05, 4.69) is 50.3 Å². The molecule has 7 nitrogen and oxygen atoms in total. The van der Waals surface area contributed by atoms with Crippen LogP contribution in [0.3, 0.4) is 0 Å². The number of nitrogens with one attached hydrogen (secondary N) is 3. The number of anilines is 4. The van der Waals surface area contributed by atoms with Gasteiger partial charge >= 0.3 is 0 Å². The third kappa shape index (κ3) is 5.33. The monoisotopic (exact) mass is 493 g/mol. The number of nitrogens with zero attached hydrogens (tertiary/aromatic N) is 4. The fourth-order valence-corrected chi connectivity index (χ4v) is 4.72. The van der Waals surface area contributed by atoms with Crippen LogP contribution >= 0.6 is 23.2 Å². The molecule has 0 radical (unpaired) electrons. The number of hydrogen-bond donors (Lipinski definition) is 3. The second-order valence-electron chi connectivity index (χ2n) is 8.41. The molecule has 2 aromatic heterocycles. The summed E-state index contributed by atoms with van der Waals surface area (Å²) in [4.78, 5) is 9.26. The minimum absolute atomic E-state index is 0.430. The van der Waals surface area contributed by atoms with E-state index in [4.69, 9.17) is 28.2 Å². The van der Waals surface area contributed by atoms with Crippen LogP contribution in [-0.2, 0) is 7.05 Å². The van der Waals surface area contributed by atoms with Gasteiger partial charge in [-0.15, -0.1) is 0 Å². The third-order valence-corrected chi connectivity index (χ3v) is 6.34. The Morgan fingerprint density at radius 3 is 2.35 bits per heavy atom. The van der Waals surface area contributed by atoms with Crippen LogP contribution < -0.4 is 16.0 Å². The van der Waals surface area contributed by atoms with Crippen molar-refractivity contribution >= 4 is 46.3 Å². The lowest BCUT2D eigenvalue weighted by Crippen LogP contribution is -2.26. The van der Waals surface area contributed by atoms with Crippen molar-refractivity contribution in [3.63, 3.8) is 0 Å². The maximum absolute atomic E-state index is 6.14. The fourth-order valence-electron chi connectivity index (χ4n) is 4.19. The van der Waals surface area contributed by atoms with E-state index >= 15 is 0 Å². The number of rotatable bonds is 6. The van der Waals surface area contributed by atoms with Gasteiger partial charge in [0.2, 0.25) is 5.95 Å². The van der Waals surface area contributed by atoms with E-state index in [1.54, 1.807) is 35.3 Å². The van der Waals surface area contributed by atoms with Gasteiger partial charge in [0, 0.05) is 52.0 Å². The Hall–Kier alpha value is -3.13. The molecule has 0 unspecified atom stereocenters. The zero-order chi connectivity index (χ0) is 23.5. The molecule has 0 atom stereocenters. The molecular formula is C25H25Cl2N7. The molecule has 174 valence electrons. The lowest BCUT2D eigenvalue weighted by atomic mass is 9.90. The number of benzene rings is 2. The minimum atomic E-state index is 0.430. The first kappa shape index (κ1) is 22.7. The topological polar surface area (TPSA) is 79.7 Å². The lowest BCUT2D eigenvalue weighted by Gasteiger charge is -2.23. The number of halogens is 2. The number of hydrogen-bond acceptors (Lipinski definition) is 6. The van der Waals surface area contributed by atoms with Crippen LogP contribution in [0.1, 0.15) is 24.3 Å². The van der Waals surface area contributed by atoms with Gasteiger partial charge in [-0.3, -0.25) is 4.68 Å². The molecule has 34 heavy (non-hydrogen) atoms. The molecule has 9 heteroatoms. The van der Waals surface area contributed by atoms with E-state index in [9.17, 15) is 0 Å². The van der Waals surface area contributed by atoms with Crippen LogP contribution in [0.4, 0.5) is 23.1 Å². The molecule has 1 aliphatic rings. The Labute approximate surface area is 208 Å². The Bertz CT molecular complexity index is 1260. The van der Waals surface area contributed by atoms with E-state index in [1.165, 1.54) is 18.4 Å². The van der Waals surface area contributed by atoms with Gasteiger partial charge in [-0.2, -0.15) is 10.1 Å². The smallest absolute Gasteiger partial charge is 0.229 e. The first-order chi connectivity index (χ1) is 16.5. The van der Waals surface area contributed by atoms with Crippen molar-refractivity contribution in [2.75, 3.05) is 23.7 Å². The summed E-state index contributed by atoms with van der Waals surface area (Å²) in [5, 5.41) is 15.5. The highest BCUT2D eigenvalue weighted by molar-refractivity contribution is 6.35. The third-order valence-electron chi connectivity index (χ3n) is 5.91. The van der Waals surface area contributed by atoms with Gasteiger partial charge in [0.15, 0.2) is 0 Å². The van der Waals surface area contributed by atoms with Crippen molar-refractivity contribution in [3.05, 3.63) is 76.7 Å². The maximum atomic E-state index is 6.14. The molecule has 1 fully saturated rings. The summed E-state index contributed by atoms with van der Waals surface area (Å²) in [6, 6.07) is 13.9. The predicted octanol–water partition coefficient (Wildman–Crippen LogP) is 6.14. The van der Waals surface area contributed by atoms with Gasteiger partial charge in [0.05, 0.1) is 6.20 Å². The quantitative estimate of drug-likeness (QED) is 0.299. The van der Waals surface area contributed by atoms with Crippen molar-refractivity contribution < 1.29 is 0 Å². The fraction of sp³-hybridized carbons (Fsp3) is 0.240. The largest absolute Gasteiger partial charge is 0.340 e. The molecule has 0 aliphatic carbocycles. The van der Waals surface area contributed by atoms with Crippen molar-refractivity contribution in [1.82, 2.24) is 25.1 Å². The lowest BCUT2D eigenvalue weighted by molar-refractivity contribution is 0.460. The normalized spacial score (nSPS) is 14.2. The van der Waals surface area contributed by atoms with E-state index in [1.807, 2.05) is 13.2 Å². The van der Waals surface area contributed by atoms with Crippen molar-refractivity contribution in [2.45, 2.75) is 18.8 Å². The number of aromatic nitrogens is 4. The van der Waals surface area contributed by atoms with Crippen LogP contribution in [0.5, 0.6) is 0 Å². The summed E-state index contributed by atoms with van der Waals surface area (Å²) in [6.45, 7) is 2.15. The summed E-state index contributed by atoms with van der Waals surface area (Å²) in [6.07, 6.45) is 7.87. The second-order valence-corrected chi connectivity index (χ2v) is 9.29. The minimum Gasteiger partial charge on any atom is -0.340 e. The summed E-state index contributed by atoms with van der Waals surface area (Å²) < 4.78 is 1.76. The highest BCUT2D eigenvalue weighted by Crippen LogP contribution is 2.32. The molecule has 2 aromatic carbocycles. The zero-order valence-corrected chi connectivity index (χ0v) is 20.2. The Morgan fingerprint density at radius 2 is 1.68 bits per heavy atom. The Kier molecular flexibility index (Phi) is 6.67. The summed E-state index contributed by atoms with van der Waals surface area (Å²) in [5.74, 6) is 1.72. The van der Waals surface area contributed by atoms with Crippen LogP contribution in [0.25, 0.3) is 11.1 Å². The Morgan fingerprint density at radius 1 is 0.941 bits per heavy atom. The molecule has 4 aromatic rings. The average Bonchev–Trinajstić information content (AvgIpc) is 3.26. The first-order valence-electron chi connectivity index (χ1n) is 11.2. The molecule has 0 saturated carbocycles. The van der Waals surface area contributed by atoms with Crippen molar-refractivity contribution in [1.29, 1.82) is 0 Å². The van der Waals surface area contributed by atoms with Crippen LogP contribution in [0.15, 0.2) is 61.1 Å². The molecule has 1 saturated heterocycles. The zero-order valence-electron chi connectivity index (χ0n) is 18.7. The van der Waals surface area contributed by atoms with Gasteiger partial charge in [0.25, 0.3) is 0 Å². The first-order valence-corrected chi connectivity index (χ1v) is 12.0. The predicted molar refractivity (Wildman–Crippen MR) is 139 cm³/mol. The van der Waals surface area contributed by atoms with Crippen LogP contribution in [0, 0.1) is 0 Å². The molecule has 0 bridgehead atoms. The second kappa shape index (κ2) is 10.0. The van der Waals surface area contributed by atoms with E-state index in [-0.39, 0.29) is 0 Å². The van der Waals surface area contributed by atoms with Gasteiger partial charge in [-0.05, 0) is 67.7 Å². The van der Waals surface area contributed by atoms with E-state index in [0.29, 0.717) is 33.4 Å².